The summed E-state index contributed by atoms with van der Waals surface area (Å²) in [5, 5.41) is 0. The molecule has 1 aliphatic heterocycles. The molecule has 1 atom stereocenters. The standard InChI is InChI=1S/C12H18N2O2/c1-14-6-5-10(8-14)16-9-3-4-11(13)12(7-9)15-2/h3-4,7,10H,5-6,8,13H2,1-2H3/t10-/m1/s1. The molecule has 0 aromatic heterocycles. The van der Waals surface area contributed by atoms with Crippen molar-refractivity contribution in [1.29, 1.82) is 0 Å². The van der Waals surface area contributed by atoms with Crippen LogP contribution in [0.4, 0.5) is 5.69 Å². The number of hydrogen-bond donors (Lipinski definition) is 1. The number of likely N-dealkylation sites (N-methyl/N-ethyl adjacent to an activating group) is 1. The van der Waals surface area contributed by atoms with E-state index in [4.69, 9.17) is 15.2 Å². The molecule has 1 heterocycles. The van der Waals surface area contributed by atoms with Gasteiger partial charge in [0.25, 0.3) is 0 Å². The number of nitrogen functional groups attached to an aromatic ring is 1. The molecule has 88 valence electrons. The Morgan fingerprint density at radius 3 is 2.88 bits per heavy atom. The van der Waals surface area contributed by atoms with E-state index in [1.165, 1.54) is 0 Å². The number of benzene rings is 1. The van der Waals surface area contributed by atoms with Crippen LogP contribution >= 0.6 is 0 Å². The van der Waals surface area contributed by atoms with E-state index >= 15 is 0 Å². The maximum atomic E-state index is 5.87. The van der Waals surface area contributed by atoms with Gasteiger partial charge in [0.15, 0.2) is 0 Å². The predicted molar refractivity (Wildman–Crippen MR) is 63.9 cm³/mol. The fourth-order valence-electron chi connectivity index (χ4n) is 1.95. The molecular weight excluding hydrogens is 204 g/mol. The van der Waals surface area contributed by atoms with E-state index in [1.807, 2.05) is 18.2 Å². The zero-order valence-electron chi connectivity index (χ0n) is 9.77. The summed E-state index contributed by atoms with van der Waals surface area (Å²) in [5.74, 6) is 1.50. The molecule has 0 saturated carbocycles. The van der Waals surface area contributed by atoms with Gasteiger partial charge in [0.05, 0.1) is 12.8 Å². The lowest BCUT2D eigenvalue weighted by Gasteiger charge is -2.15. The number of likely N-dealkylation sites (tertiary alicyclic amines) is 1. The van der Waals surface area contributed by atoms with Crippen LogP contribution in [0.25, 0.3) is 0 Å². The lowest BCUT2D eigenvalue weighted by molar-refractivity contribution is 0.207. The lowest BCUT2D eigenvalue weighted by atomic mass is 10.2. The predicted octanol–water partition coefficient (Wildman–Crippen LogP) is 1.36. The summed E-state index contributed by atoms with van der Waals surface area (Å²) in [7, 11) is 3.71. The van der Waals surface area contributed by atoms with Gasteiger partial charge in [-0.1, -0.05) is 0 Å². The van der Waals surface area contributed by atoms with Gasteiger partial charge in [0, 0.05) is 19.2 Å². The van der Waals surface area contributed by atoms with Crippen LogP contribution in [0.15, 0.2) is 18.2 Å². The Bertz CT molecular complexity index is 368. The summed E-state index contributed by atoms with van der Waals surface area (Å²) in [6, 6.07) is 5.54. The second kappa shape index (κ2) is 4.61. The molecule has 4 heteroatoms. The Kier molecular flexibility index (Phi) is 3.19. The van der Waals surface area contributed by atoms with E-state index in [-0.39, 0.29) is 6.10 Å². The van der Waals surface area contributed by atoms with Gasteiger partial charge in [0.2, 0.25) is 0 Å². The molecule has 4 nitrogen and oxygen atoms in total. The van der Waals surface area contributed by atoms with Crippen LogP contribution in [0, 0.1) is 0 Å². The number of anilines is 1. The van der Waals surface area contributed by atoms with Crippen LogP contribution in [0.1, 0.15) is 6.42 Å². The highest BCUT2D eigenvalue weighted by molar-refractivity contribution is 5.55. The molecular formula is C12H18N2O2. The Hall–Kier alpha value is -1.42. The average molecular weight is 222 g/mol. The summed E-state index contributed by atoms with van der Waals surface area (Å²) in [6.45, 7) is 2.07. The SMILES string of the molecule is COc1cc(O[C@@H]2CCN(C)C2)ccc1N. The number of methoxy groups -OCH3 is 1. The first-order chi connectivity index (χ1) is 7.69. The molecule has 2 rings (SSSR count). The fraction of sp³-hybridized carbons (Fsp3) is 0.500. The Labute approximate surface area is 95.9 Å². The van der Waals surface area contributed by atoms with Crippen LogP contribution in [0.3, 0.4) is 0 Å². The van der Waals surface area contributed by atoms with Crippen LogP contribution in [-0.4, -0.2) is 38.3 Å². The average Bonchev–Trinajstić information content (AvgIpc) is 2.67. The second-order valence-corrected chi connectivity index (χ2v) is 4.19. The van der Waals surface area contributed by atoms with E-state index < -0.39 is 0 Å². The second-order valence-electron chi connectivity index (χ2n) is 4.19. The van der Waals surface area contributed by atoms with Crippen molar-refractivity contribution >= 4 is 5.69 Å². The first-order valence-corrected chi connectivity index (χ1v) is 5.48. The molecule has 1 aromatic rings. The molecule has 0 bridgehead atoms. The van der Waals surface area contributed by atoms with Gasteiger partial charge in [-0.15, -0.1) is 0 Å². The lowest BCUT2D eigenvalue weighted by Crippen LogP contribution is -2.21. The quantitative estimate of drug-likeness (QED) is 0.784. The van der Waals surface area contributed by atoms with Crippen molar-refractivity contribution in [2.45, 2.75) is 12.5 Å². The molecule has 0 amide bonds. The summed E-state index contributed by atoms with van der Waals surface area (Å²) >= 11 is 0. The van der Waals surface area contributed by atoms with Gasteiger partial charge in [-0.05, 0) is 25.6 Å². The summed E-state index contributed by atoms with van der Waals surface area (Å²) in [6.07, 6.45) is 1.35. The van der Waals surface area contributed by atoms with Gasteiger partial charge in [0.1, 0.15) is 17.6 Å². The first-order valence-electron chi connectivity index (χ1n) is 5.48. The molecule has 0 spiro atoms. The number of nitrogens with two attached hydrogens (primary N) is 1. The highest BCUT2D eigenvalue weighted by Gasteiger charge is 2.21. The van der Waals surface area contributed by atoms with E-state index in [0.29, 0.717) is 11.4 Å². The highest BCUT2D eigenvalue weighted by atomic mass is 16.5. The number of nitrogens with zero attached hydrogens (tertiary/aromatic N) is 1. The van der Waals surface area contributed by atoms with E-state index in [9.17, 15) is 0 Å². The molecule has 0 unspecified atom stereocenters. The maximum absolute atomic E-state index is 5.87. The van der Waals surface area contributed by atoms with E-state index in [2.05, 4.69) is 11.9 Å². The van der Waals surface area contributed by atoms with Crippen LogP contribution in [0.2, 0.25) is 0 Å². The van der Waals surface area contributed by atoms with Crippen molar-refractivity contribution in [3.63, 3.8) is 0 Å². The molecule has 1 fully saturated rings. The molecule has 1 saturated heterocycles. The molecule has 0 radical (unpaired) electrons. The van der Waals surface area contributed by atoms with Gasteiger partial charge in [-0.25, -0.2) is 0 Å². The van der Waals surface area contributed by atoms with Crippen molar-refractivity contribution in [3.05, 3.63) is 18.2 Å². The molecule has 1 aliphatic rings. The first kappa shape index (κ1) is 11.1. The van der Waals surface area contributed by atoms with Gasteiger partial charge >= 0.3 is 0 Å². The Balaban J connectivity index is 2.04. The third-order valence-electron chi connectivity index (χ3n) is 2.86. The van der Waals surface area contributed by atoms with Crippen molar-refractivity contribution in [1.82, 2.24) is 4.90 Å². The van der Waals surface area contributed by atoms with E-state index in [0.717, 1.165) is 25.3 Å². The van der Waals surface area contributed by atoms with Crippen molar-refractivity contribution in [2.75, 3.05) is 33.0 Å². The third-order valence-corrected chi connectivity index (χ3v) is 2.86. The number of ether oxygens (including phenoxy) is 2. The zero-order valence-corrected chi connectivity index (χ0v) is 9.77. The topological polar surface area (TPSA) is 47.7 Å². The fourth-order valence-corrected chi connectivity index (χ4v) is 1.95. The molecule has 0 aliphatic carbocycles. The summed E-state index contributed by atoms with van der Waals surface area (Å²) in [4.78, 5) is 2.26. The maximum Gasteiger partial charge on any atom is 0.145 e. The molecule has 1 aromatic carbocycles. The van der Waals surface area contributed by atoms with Crippen molar-refractivity contribution in [2.24, 2.45) is 0 Å². The van der Waals surface area contributed by atoms with Crippen molar-refractivity contribution < 1.29 is 9.47 Å². The largest absolute Gasteiger partial charge is 0.494 e. The Morgan fingerprint density at radius 1 is 1.44 bits per heavy atom. The minimum Gasteiger partial charge on any atom is -0.494 e. The Morgan fingerprint density at radius 2 is 2.25 bits per heavy atom. The van der Waals surface area contributed by atoms with Gasteiger partial charge < -0.3 is 20.1 Å². The smallest absolute Gasteiger partial charge is 0.145 e. The molecule has 16 heavy (non-hydrogen) atoms. The summed E-state index contributed by atoms with van der Waals surface area (Å²) < 4.78 is 11.0. The minimum atomic E-state index is 0.276. The van der Waals surface area contributed by atoms with E-state index in [1.54, 1.807) is 7.11 Å². The zero-order chi connectivity index (χ0) is 11.5. The van der Waals surface area contributed by atoms with Crippen LogP contribution in [0.5, 0.6) is 11.5 Å². The number of hydrogen-bond acceptors (Lipinski definition) is 4. The third kappa shape index (κ3) is 2.39. The van der Waals surface area contributed by atoms with Crippen LogP contribution in [-0.2, 0) is 0 Å². The highest BCUT2D eigenvalue weighted by Crippen LogP contribution is 2.28. The van der Waals surface area contributed by atoms with Gasteiger partial charge in [-0.2, -0.15) is 0 Å². The van der Waals surface area contributed by atoms with Crippen molar-refractivity contribution in [3.8, 4) is 11.5 Å². The normalized spacial score (nSPS) is 21.0. The van der Waals surface area contributed by atoms with Gasteiger partial charge in [-0.3, -0.25) is 0 Å². The summed E-state index contributed by atoms with van der Waals surface area (Å²) in [5.41, 5.74) is 6.38. The minimum absolute atomic E-state index is 0.276. The molecule has 2 N–H and O–H groups in total. The monoisotopic (exact) mass is 222 g/mol. The van der Waals surface area contributed by atoms with Crippen LogP contribution < -0.4 is 15.2 Å². The number of rotatable bonds is 3.